The van der Waals surface area contributed by atoms with Gasteiger partial charge in [-0.2, -0.15) is 17.5 Å². The molecule has 1 unspecified atom stereocenters. The SMILES string of the molecule is Cc1cnc(C(C)N(C(C)C)S(=O)(=O)c2ccc(C(F)(F)F)cc2Br)o1. The predicted octanol–water partition coefficient (Wildman–Crippen LogP) is 4.92. The van der Waals surface area contributed by atoms with E-state index in [2.05, 4.69) is 20.9 Å². The minimum atomic E-state index is -4.56. The fourth-order valence-electron chi connectivity index (χ4n) is 2.61. The van der Waals surface area contributed by atoms with Crippen LogP contribution in [0.5, 0.6) is 0 Å². The zero-order valence-corrected chi connectivity index (χ0v) is 16.9. The van der Waals surface area contributed by atoms with Crippen LogP contribution in [-0.2, 0) is 16.2 Å². The lowest BCUT2D eigenvalue weighted by Crippen LogP contribution is -2.39. The van der Waals surface area contributed by atoms with E-state index in [1.165, 1.54) is 6.20 Å². The molecule has 0 saturated carbocycles. The second-order valence-electron chi connectivity index (χ2n) is 6.06. The van der Waals surface area contributed by atoms with Gasteiger partial charge in [0.05, 0.1) is 22.7 Å². The Morgan fingerprint density at radius 2 is 1.85 bits per heavy atom. The molecule has 1 aromatic heterocycles. The fourth-order valence-corrected chi connectivity index (χ4v) is 5.43. The zero-order chi connectivity index (χ0) is 19.9. The van der Waals surface area contributed by atoms with Crippen LogP contribution in [0.15, 0.2) is 38.2 Å². The summed E-state index contributed by atoms with van der Waals surface area (Å²) in [5.41, 5.74) is -0.934. The zero-order valence-electron chi connectivity index (χ0n) is 14.5. The highest BCUT2D eigenvalue weighted by atomic mass is 79.9. The quantitative estimate of drug-likeness (QED) is 0.642. The van der Waals surface area contributed by atoms with Crippen molar-refractivity contribution in [3.8, 4) is 0 Å². The summed E-state index contributed by atoms with van der Waals surface area (Å²) in [4.78, 5) is 3.81. The lowest BCUT2D eigenvalue weighted by atomic mass is 10.2. The maximum Gasteiger partial charge on any atom is 0.416 e. The summed E-state index contributed by atoms with van der Waals surface area (Å²) in [6, 6.07) is 1.24. The number of aryl methyl sites for hydroxylation is 1. The summed E-state index contributed by atoms with van der Waals surface area (Å²) < 4.78 is 71.2. The minimum Gasteiger partial charge on any atom is -0.444 e. The lowest BCUT2D eigenvalue weighted by Gasteiger charge is -2.30. The molecule has 26 heavy (non-hydrogen) atoms. The minimum absolute atomic E-state index is 0.159. The van der Waals surface area contributed by atoms with Gasteiger partial charge in [0.1, 0.15) is 5.76 Å². The number of oxazole rings is 1. The van der Waals surface area contributed by atoms with Crippen LogP contribution in [0.4, 0.5) is 13.2 Å². The number of hydrogen-bond acceptors (Lipinski definition) is 4. The molecular formula is C16H18BrF3N2O3S. The van der Waals surface area contributed by atoms with Crippen molar-refractivity contribution in [2.45, 2.75) is 50.9 Å². The molecule has 1 aromatic carbocycles. The van der Waals surface area contributed by atoms with E-state index in [1.807, 2.05) is 0 Å². The molecule has 0 aliphatic rings. The van der Waals surface area contributed by atoms with Gasteiger partial charge in [-0.15, -0.1) is 0 Å². The number of rotatable bonds is 5. The van der Waals surface area contributed by atoms with Crippen LogP contribution in [0.1, 0.15) is 44.0 Å². The number of benzene rings is 1. The average Bonchev–Trinajstić information content (AvgIpc) is 2.91. The van der Waals surface area contributed by atoms with E-state index in [9.17, 15) is 21.6 Å². The highest BCUT2D eigenvalue weighted by Gasteiger charge is 2.37. The van der Waals surface area contributed by atoms with Gasteiger partial charge in [-0.3, -0.25) is 0 Å². The summed E-state index contributed by atoms with van der Waals surface area (Å²) in [5.74, 6) is 0.742. The number of nitrogens with zero attached hydrogens (tertiary/aromatic N) is 2. The number of aromatic nitrogens is 1. The molecular weight excluding hydrogens is 437 g/mol. The maximum absolute atomic E-state index is 13.1. The van der Waals surface area contributed by atoms with Crippen LogP contribution < -0.4 is 0 Å². The van der Waals surface area contributed by atoms with Crippen molar-refractivity contribution < 1.29 is 26.0 Å². The van der Waals surface area contributed by atoms with Gasteiger partial charge in [-0.1, -0.05) is 0 Å². The second kappa shape index (κ2) is 7.32. The molecule has 0 spiro atoms. The van der Waals surface area contributed by atoms with Crippen LogP contribution in [0.25, 0.3) is 0 Å². The summed E-state index contributed by atoms with van der Waals surface area (Å²) in [6.45, 7) is 6.63. The molecule has 0 aliphatic heterocycles. The summed E-state index contributed by atoms with van der Waals surface area (Å²) in [6.07, 6.45) is -3.09. The number of sulfonamides is 1. The van der Waals surface area contributed by atoms with Crippen molar-refractivity contribution in [3.05, 3.63) is 46.1 Å². The van der Waals surface area contributed by atoms with Gasteiger partial charge >= 0.3 is 6.18 Å². The Morgan fingerprint density at radius 1 is 1.23 bits per heavy atom. The van der Waals surface area contributed by atoms with Gasteiger partial charge in [0.25, 0.3) is 0 Å². The van der Waals surface area contributed by atoms with Crippen LogP contribution in [0.2, 0.25) is 0 Å². The van der Waals surface area contributed by atoms with Crippen molar-refractivity contribution in [2.24, 2.45) is 0 Å². The molecule has 5 nitrogen and oxygen atoms in total. The third-order valence-electron chi connectivity index (χ3n) is 3.70. The van der Waals surface area contributed by atoms with Gasteiger partial charge in [0.15, 0.2) is 0 Å². The van der Waals surface area contributed by atoms with Crippen molar-refractivity contribution in [1.82, 2.24) is 9.29 Å². The van der Waals surface area contributed by atoms with Crippen LogP contribution in [-0.4, -0.2) is 23.7 Å². The lowest BCUT2D eigenvalue weighted by molar-refractivity contribution is -0.137. The highest BCUT2D eigenvalue weighted by Crippen LogP contribution is 2.36. The molecule has 144 valence electrons. The maximum atomic E-state index is 13.1. The largest absolute Gasteiger partial charge is 0.444 e. The Bertz CT molecular complexity index is 894. The number of hydrogen-bond donors (Lipinski definition) is 0. The Balaban J connectivity index is 2.51. The molecule has 10 heteroatoms. The van der Waals surface area contributed by atoms with Crippen LogP contribution in [0.3, 0.4) is 0 Å². The summed E-state index contributed by atoms with van der Waals surface area (Å²) in [5, 5.41) is 0. The topological polar surface area (TPSA) is 63.4 Å². The van der Waals surface area contributed by atoms with Crippen molar-refractivity contribution in [1.29, 1.82) is 0 Å². The van der Waals surface area contributed by atoms with Crippen LogP contribution >= 0.6 is 15.9 Å². The predicted molar refractivity (Wildman–Crippen MR) is 93.0 cm³/mol. The molecule has 1 heterocycles. The Labute approximate surface area is 158 Å². The molecule has 0 radical (unpaired) electrons. The third-order valence-corrected chi connectivity index (χ3v) is 6.83. The molecule has 0 aliphatic carbocycles. The van der Waals surface area contributed by atoms with Crippen LogP contribution in [0, 0.1) is 6.92 Å². The Kier molecular flexibility index (Phi) is 5.89. The molecule has 1 atom stereocenters. The molecule has 0 fully saturated rings. The molecule has 2 rings (SSSR count). The van der Waals surface area contributed by atoms with Crippen molar-refractivity contribution >= 4 is 26.0 Å². The summed E-state index contributed by atoms with van der Waals surface area (Å²) in [7, 11) is -4.11. The van der Waals surface area contributed by atoms with Gasteiger partial charge in [0.2, 0.25) is 15.9 Å². The van der Waals surface area contributed by atoms with Gasteiger partial charge in [-0.05, 0) is 61.8 Å². The standard InChI is InChI=1S/C16H18BrF3N2O3S/c1-9(2)22(11(4)15-21-8-10(3)25-15)26(23,24)14-6-5-12(7-13(14)17)16(18,19)20/h5-9,11H,1-4H3. The van der Waals surface area contributed by atoms with E-state index >= 15 is 0 Å². The highest BCUT2D eigenvalue weighted by molar-refractivity contribution is 9.10. The van der Waals surface area contributed by atoms with E-state index < -0.39 is 33.8 Å². The smallest absolute Gasteiger partial charge is 0.416 e. The third kappa shape index (κ3) is 4.12. The van der Waals surface area contributed by atoms with E-state index in [0.29, 0.717) is 5.76 Å². The van der Waals surface area contributed by atoms with Gasteiger partial charge in [-0.25, -0.2) is 13.4 Å². The number of alkyl halides is 3. The van der Waals surface area contributed by atoms with Gasteiger partial charge < -0.3 is 4.42 Å². The number of halogens is 4. The molecule has 0 amide bonds. The normalized spacial score (nSPS) is 14.2. The first-order valence-corrected chi connectivity index (χ1v) is 9.91. The monoisotopic (exact) mass is 454 g/mol. The van der Waals surface area contributed by atoms with E-state index in [-0.39, 0.29) is 15.3 Å². The first-order chi connectivity index (χ1) is 11.9. The van der Waals surface area contributed by atoms with Gasteiger partial charge in [0, 0.05) is 10.5 Å². The fraction of sp³-hybridized carbons (Fsp3) is 0.438. The summed E-state index contributed by atoms with van der Waals surface area (Å²) >= 11 is 2.96. The molecule has 2 aromatic rings. The average molecular weight is 455 g/mol. The van der Waals surface area contributed by atoms with Crippen molar-refractivity contribution in [2.75, 3.05) is 0 Å². The molecule has 0 bridgehead atoms. The Morgan fingerprint density at radius 3 is 2.27 bits per heavy atom. The first kappa shape index (κ1) is 20.9. The Hall–Kier alpha value is -1.39. The second-order valence-corrected chi connectivity index (χ2v) is 8.72. The molecule has 0 N–H and O–H groups in total. The molecule has 0 saturated heterocycles. The van der Waals surface area contributed by atoms with E-state index in [4.69, 9.17) is 4.42 Å². The first-order valence-electron chi connectivity index (χ1n) is 7.68. The van der Waals surface area contributed by atoms with E-state index in [1.54, 1.807) is 27.7 Å². The van der Waals surface area contributed by atoms with E-state index in [0.717, 1.165) is 22.5 Å². The van der Waals surface area contributed by atoms with Crippen molar-refractivity contribution in [3.63, 3.8) is 0 Å².